The Labute approximate surface area is 186 Å². The van der Waals surface area contributed by atoms with E-state index in [-0.39, 0.29) is 29.2 Å². The molecule has 0 spiro atoms. The van der Waals surface area contributed by atoms with Gasteiger partial charge in [-0.2, -0.15) is 0 Å². The monoisotopic (exact) mass is 505 g/mol. The van der Waals surface area contributed by atoms with E-state index in [4.69, 9.17) is 4.74 Å². The molecule has 1 unspecified atom stereocenters. The van der Waals surface area contributed by atoms with Gasteiger partial charge < -0.3 is 10.1 Å². The van der Waals surface area contributed by atoms with E-state index in [1.54, 1.807) is 0 Å². The summed E-state index contributed by atoms with van der Waals surface area (Å²) in [6, 6.07) is 8.13. The molecule has 154 valence electrons. The van der Waals surface area contributed by atoms with Crippen LogP contribution in [-0.4, -0.2) is 17.9 Å². The lowest BCUT2D eigenvalue weighted by Crippen LogP contribution is -2.39. The number of Topliss-reactive ketones (excluding diaryl/α,β-unsaturated/α-hetero) is 1. The number of carbonyl (C=O) groups is 2. The Bertz CT molecular complexity index is 905. The highest BCUT2D eigenvalue weighted by molar-refractivity contribution is 14.1. The third-order valence-electron chi connectivity index (χ3n) is 6.24. The Morgan fingerprint density at radius 2 is 1.79 bits per heavy atom. The molecule has 4 nitrogen and oxygen atoms in total. The smallest absolute Gasteiger partial charge is 0.337 e. The summed E-state index contributed by atoms with van der Waals surface area (Å²) in [5.41, 5.74) is 4.00. The molecule has 1 atom stereocenters. The minimum Gasteiger partial charge on any atom is -0.459 e. The molecule has 29 heavy (non-hydrogen) atoms. The van der Waals surface area contributed by atoms with Crippen LogP contribution < -0.4 is 5.32 Å². The molecule has 0 bridgehead atoms. The molecule has 5 heteroatoms. The number of allylic oxidation sites excluding steroid dienone is 3. The summed E-state index contributed by atoms with van der Waals surface area (Å²) in [5, 5.41) is 3.41. The normalized spacial score (nSPS) is 24.4. The molecule has 1 aromatic carbocycles. The van der Waals surface area contributed by atoms with E-state index in [1.165, 1.54) is 0 Å². The molecule has 4 rings (SSSR count). The Morgan fingerprint density at radius 3 is 2.45 bits per heavy atom. The summed E-state index contributed by atoms with van der Waals surface area (Å²) >= 11 is 2.27. The number of nitrogens with one attached hydrogen (secondary N) is 1. The van der Waals surface area contributed by atoms with Crippen LogP contribution in [0.2, 0.25) is 0 Å². The van der Waals surface area contributed by atoms with Crippen LogP contribution in [0.3, 0.4) is 0 Å². The molecule has 1 saturated carbocycles. The zero-order chi connectivity index (χ0) is 20.8. The van der Waals surface area contributed by atoms with Crippen LogP contribution in [0.15, 0.2) is 46.8 Å². The van der Waals surface area contributed by atoms with Crippen LogP contribution in [0.1, 0.15) is 70.8 Å². The van der Waals surface area contributed by atoms with Gasteiger partial charge in [-0.15, -0.1) is 0 Å². The number of hydrogen-bond acceptors (Lipinski definition) is 4. The van der Waals surface area contributed by atoms with Crippen molar-refractivity contribution in [2.45, 2.75) is 71.3 Å². The van der Waals surface area contributed by atoms with Gasteiger partial charge in [0.2, 0.25) is 0 Å². The predicted molar refractivity (Wildman–Crippen MR) is 121 cm³/mol. The number of rotatable bonds is 3. The first-order valence-corrected chi connectivity index (χ1v) is 11.5. The van der Waals surface area contributed by atoms with E-state index in [2.05, 4.69) is 41.8 Å². The molecule has 3 aliphatic rings. The zero-order valence-electron chi connectivity index (χ0n) is 17.3. The molecule has 1 aliphatic heterocycles. The minimum atomic E-state index is -0.360. The van der Waals surface area contributed by atoms with Crippen molar-refractivity contribution in [1.29, 1.82) is 0 Å². The van der Waals surface area contributed by atoms with Crippen LogP contribution in [0.5, 0.6) is 0 Å². The van der Waals surface area contributed by atoms with Gasteiger partial charge >= 0.3 is 5.97 Å². The van der Waals surface area contributed by atoms with E-state index in [0.717, 1.165) is 58.2 Å². The van der Waals surface area contributed by atoms with Crippen LogP contribution in [0.25, 0.3) is 0 Å². The van der Waals surface area contributed by atoms with Crippen molar-refractivity contribution in [1.82, 2.24) is 5.32 Å². The van der Waals surface area contributed by atoms with Gasteiger partial charge in [0.25, 0.3) is 0 Å². The van der Waals surface area contributed by atoms with E-state index < -0.39 is 0 Å². The molecule has 0 saturated heterocycles. The maximum absolute atomic E-state index is 13.3. The summed E-state index contributed by atoms with van der Waals surface area (Å²) in [6.07, 6.45) is 5.38. The van der Waals surface area contributed by atoms with Gasteiger partial charge in [-0.05, 0) is 84.7 Å². The number of dihydropyridines is 1. The maximum Gasteiger partial charge on any atom is 0.337 e. The van der Waals surface area contributed by atoms with Gasteiger partial charge in [0.05, 0.1) is 5.57 Å². The first-order chi connectivity index (χ1) is 13.7. The number of carbonyl (C=O) groups excluding carboxylic acids is 2. The van der Waals surface area contributed by atoms with Crippen molar-refractivity contribution in [2.24, 2.45) is 5.41 Å². The Morgan fingerprint density at radius 1 is 1.14 bits per heavy atom. The molecular formula is C24H28INO3. The fourth-order valence-electron chi connectivity index (χ4n) is 4.92. The average Bonchev–Trinajstić information content (AvgIpc) is 3.13. The quantitative estimate of drug-likeness (QED) is 0.443. The van der Waals surface area contributed by atoms with E-state index in [9.17, 15) is 9.59 Å². The minimum absolute atomic E-state index is 0.00320. The summed E-state index contributed by atoms with van der Waals surface area (Å²) in [6.45, 7) is 6.18. The highest BCUT2D eigenvalue weighted by Crippen LogP contribution is 2.47. The van der Waals surface area contributed by atoms with Crippen molar-refractivity contribution >= 4 is 34.3 Å². The van der Waals surface area contributed by atoms with Gasteiger partial charge in [-0.1, -0.05) is 26.0 Å². The second-order valence-electron chi connectivity index (χ2n) is 9.29. The highest BCUT2D eigenvalue weighted by Gasteiger charge is 2.43. The fraction of sp³-hybridized carbons (Fsp3) is 0.500. The lowest BCUT2D eigenvalue weighted by Gasteiger charge is -2.39. The zero-order valence-corrected chi connectivity index (χ0v) is 19.5. The Balaban J connectivity index is 1.78. The van der Waals surface area contributed by atoms with Gasteiger partial charge in [0, 0.05) is 32.9 Å². The number of ether oxygens (including phenoxy) is 1. The van der Waals surface area contributed by atoms with Gasteiger partial charge in [-0.3, -0.25) is 4.79 Å². The highest BCUT2D eigenvalue weighted by atomic mass is 127. The molecule has 1 aromatic rings. The van der Waals surface area contributed by atoms with Crippen LogP contribution >= 0.6 is 22.6 Å². The van der Waals surface area contributed by atoms with Crippen LogP contribution in [-0.2, 0) is 14.3 Å². The molecule has 2 aliphatic carbocycles. The lowest BCUT2D eigenvalue weighted by molar-refractivity contribution is -0.144. The topological polar surface area (TPSA) is 55.4 Å². The van der Waals surface area contributed by atoms with Crippen molar-refractivity contribution in [2.75, 3.05) is 0 Å². The van der Waals surface area contributed by atoms with Gasteiger partial charge in [0.15, 0.2) is 5.78 Å². The summed E-state index contributed by atoms with van der Waals surface area (Å²) < 4.78 is 7.01. The van der Waals surface area contributed by atoms with E-state index in [0.29, 0.717) is 12.0 Å². The summed E-state index contributed by atoms with van der Waals surface area (Å²) in [7, 11) is 0. The summed E-state index contributed by atoms with van der Waals surface area (Å²) in [4.78, 5) is 26.5. The number of benzene rings is 1. The van der Waals surface area contributed by atoms with E-state index in [1.807, 2.05) is 31.2 Å². The summed E-state index contributed by atoms with van der Waals surface area (Å²) in [5.74, 6) is -0.513. The second-order valence-corrected chi connectivity index (χ2v) is 10.5. The maximum atomic E-state index is 13.3. The SMILES string of the molecule is CC1=C(C(=O)OC2CCCC2)C(c2ccc(I)cc2)C2=C(CC(C)(C)CC2=O)N1. The second kappa shape index (κ2) is 7.89. The molecule has 1 fully saturated rings. The third kappa shape index (κ3) is 4.16. The first-order valence-electron chi connectivity index (χ1n) is 10.5. The fourth-order valence-corrected chi connectivity index (χ4v) is 5.28. The van der Waals surface area contributed by atoms with Gasteiger partial charge in [-0.25, -0.2) is 4.79 Å². The Hall–Kier alpha value is -1.63. The van der Waals surface area contributed by atoms with Crippen LogP contribution in [0, 0.1) is 8.99 Å². The first kappa shape index (κ1) is 20.6. The molecule has 1 heterocycles. The largest absolute Gasteiger partial charge is 0.459 e. The van der Waals surface area contributed by atoms with Crippen LogP contribution in [0.4, 0.5) is 0 Å². The predicted octanol–water partition coefficient (Wildman–Crippen LogP) is 5.38. The van der Waals surface area contributed by atoms with Crippen molar-refractivity contribution in [3.8, 4) is 0 Å². The standard InChI is InChI=1S/C24H28INO3/c1-14-20(23(28)29-17-6-4-5-7-17)21(15-8-10-16(25)11-9-15)22-18(26-14)12-24(2,3)13-19(22)27/h8-11,17,21,26H,4-7,12-13H2,1-3H3. The molecule has 1 N–H and O–H groups in total. The number of hydrogen-bond donors (Lipinski definition) is 1. The third-order valence-corrected chi connectivity index (χ3v) is 6.96. The number of esters is 1. The molecule has 0 radical (unpaired) electrons. The lowest BCUT2D eigenvalue weighted by atomic mass is 9.68. The number of ketones is 1. The van der Waals surface area contributed by atoms with Crippen molar-refractivity contribution in [3.05, 3.63) is 55.9 Å². The van der Waals surface area contributed by atoms with Crippen molar-refractivity contribution < 1.29 is 14.3 Å². The Kier molecular flexibility index (Phi) is 5.62. The average molecular weight is 505 g/mol. The van der Waals surface area contributed by atoms with E-state index >= 15 is 0 Å². The molecule has 0 aromatic heterocycles. The molecule has 0 amide bonds. The van der Waals surface area contributed by atoms with Gasteiger partial charge in [0.1, 0.15) is 6.10 Å². The van der Waals surface area contributed by atoms with Crippen molar-refractivity contribution in [3.63, 3.8) is 0 Å². The molecular weight excluding hydrogens is 477 g/mol. The number of halogens is 1.